The summed E-state index contributed by atoms with van der Waals surface area (Å²) in [6, 6.07) is 16.9. The third kappa shape index (κ3) is 13.4. The molecule has 11 heteroatoms. The molecule has 0 spiro atoms. The predicted molar refractivity (Wildman–Crippen MR) is 184 cm³/mol. The second-order valence-electron chi connectivity index (χ2n) is 13.1. The van der Waals surface area contributed by atoms with Crippen LogP contribution in [0.25, 0.3) is 0 Å². The van der Waals surface area contributed by atoms with Crippen molar-refractivity contribution in [1.29, 1.82) is 0 Å². The van der Waals surface area contributed by atoms with E-state index in [9.17, 15) is 24.1 Å². The van der Waals surface area contributed by atoms with E-state index in [1.165, 1.54) is 6.42 Å². The SMILES string of the molecule is CCC(C)C(NC(=O)OCc1ccccc1)C(=O)N[C@H](C(=O)NC[C@H](O)CP(=O)(CC1CCCCC1)OCc1ccccc1)C(C)C. The van der Waals surface area contributed by atoms with Crippen molar-refractivity contribution in [2.24, 2.45) is 17.8 Å². The van der Waals surface area contributed by atoms with Crippen LogP contribution in [0.3, 0.4) is 0 Å². The Morgan fingerprint density at radius 1 is 0.851 bits per heavy atom. The minimum absolute atomic E-state index is 0.0613. The van der Waals surface area contributed by atoms with E-state index in [0.717, 1.165) is 36.8 Å². The highest BCUT2D eigenvalue weighted by atomic mass is 31.2. The molecule has 2 aromatic carbocycles. The van der Waals surface area contributed by atoms with Crippen molar-refractivity contribution in [3.63, 3.8) is 0 Å². The van der Waals surface area contributed by atoms with Crippen LogP contribution in [-0.2, 0) is 36.6 Å². The van der Waals surface area contributed by atoms with Gasteiger partial charge in [-0.2, -0.15) is 0 Å². The Morgan fingerprint density at radius 3 is 2.02 bits per heavy atom. The molecular formula is C36H54N3O7P. The average molecular weight is 672 g/mol. The van der Waals surface area contributed by atoms with Crippen molar-refractivity contribution in [2.45, 2.75) is 97.6 Å². The summed E-state index contributed by atoms with van der Waals surface area (Å²) in [7, 11) is -3.22. The number of nitrogens with one attached hydrogen (secondary N) is 3. The second kappa shape index (κ2) is 19.6. The van der Waals surface area contributed by atoms with Crippen molar-refractivity contribution in [3.8, 4) is 0 Å². The molecule has 0 aliphatic heterocycles. The fourth-order valence-electron chi connectivity index (χ4n) is 5.80. The Balaban J connectivity index is 1.58. The zero-order chi connectivity index (χ0) is 34.2. The smallest absolute Gasteiger partial charge is 0.408 e. The zero-order valence-corrected chi connectivity index (χ0v) is 29.3. The zero-order valence-electron chi connectivity index (χ0n) is 28.4. The van der Waals surface area contributed by atoms with Crippen molar-refractivity contribution >= 4 is 25.3 Å². The molecule has 1 aliphatic rings. The molecular weight excluding hydrogens is 617 g/mol. The minimum Gasteiger partial charge on any atom is -0.445 e. The quantitative estimate of drug-likeness (QED) is 0.142. The van der Waals surface area contributed by atoms with Gasteiger partial charge in [0.15, 0.2) is 0 Å². The van der Waals surface area contributed by atoms with Crippen LogP contribution in [0.4, 0.5) is 4.79 Å². The molecule has 0 radical (unpaired) electrons. The van der Waals surface area contributed by atoms with Crippen LogP contribution >= 0.6 is 7.37 Å². The van der Waals surface area contributed by atoms with Gasteiger partial charge in [-0.05, 0) is 41.7 Å². The van der Waals surface area contributed by atoms with Gasteiger partial charge in [0.1, 0.15) is 18.7 Å². The van der Waals surface area contributed by atoms with Crippen molar-refractivity contribution in [2.75, 3.05) is 18.9 Å². The maximum absolute atomic E-state index is 14.1. The molecule has 4 N–H and O–H groups in total. The number of carbonyl (C=O) groups is 3. The average Bonchev–Trinajstić information content (AvgIpc) is 3.07. The van der Waals surface area contributed by atoms with Gasteiger partial charge in [0.05, 0.1) is 18.9 Å². The van der Waals surface area contributed by atoms with Crippen LogP contribution in [0.15, 0.2) is 60.7 Å². The summed E-state index contributed by atoms with van der Waals surface area (Å²) in [6.45, 7) is 7.47. The van der Waals surface area contributed by atoms with E-state index in [2.05, 4.69) is 16.0 Å². The molecule has 0 saturated heterocycles. The van der Waals surface area contributed by atoms with E-state index >= 15 is 0 Å². The molecule has 1 aliphatic carbocycles. The van der Waals surface area contributed by atoms with Crippen molar-refractivity contribution in [1.82, 2.24) is 16.0 Å². The second-order valence-corrected chi connectivity index (χ2v) is 15.8. The largest absolute Gasteiger partial charge is 0.445 e. The number of hydrogen-bond donors (Lipinski definition) is 4. The Bertz CT molecular complexity index is 1290. The number of alkyl carbamates (subject to hydrolysis) is 1. The normalized spacial score (nSPS) is 17.5. The minimum atomic E-state index is -3.22. The van der Waals surface area contributed by atoms with E-state index in [4.69, 9.17) is 9.26 Å². The summed E-state index contributed by atoms with van der Waals surface area (Å²) >= 11 is 0. The summed E-state index contributed by atoms with van der Waals surface area (Å²) in [6.07, 6.45) is 4.51. The number of rotatable bonds is 18. The van der Waals surface area contributed by atoms with Crippen LogP contribution in [0, 0.1) is 17.8 Å². The first-order valence-electron chi connectivity index (χ1n) is 17.0. The molecule has 47 heavy (non-hydrogen) atoms. The van der Waals surface area contributed by atoms with E-state index in [1.54, 1.807) is 13.8 Å². The Hall–Kier alpha value is -3.20. The standard InChI is InChI=1S/C36H54N3O7P/c1-5-27(4)33(39-36(43)45-22-28-15-9-6-10-16-28)35(42)38-32(26(2)3)34(41)37-21-31(40)25-47(44,24-30-19-13-8-14-20-30)46-23-29-17-11-7-12-18-29/h6-7,9-12,15-18,26-27,30-33,40H,5,8,13-14,19-25H2,1-4H3,(H,37,41)(H,38,42)(H,39,43)/t27?,31-,32-,33?,47?/m0/s1. The maximum atomic E-state index is 14.1. The van der Waals surface area contributed by atoms with Gasteiger partial charge in [0, 0.05) is 12.7 Å². The first-order chi connectivity index (χ1) is 22.5. The van der Waals surface area contributed by atoms with Gasteiger partial charge in [-0.15, -0.1) is 0 Å². The lowest BCUT2D eigenvalue weighted by atomic mass is 9.91. The lowest BCUT2D eigenvalue weighted by molar-refractivity contribution is -0.131. The number of carbonyl (C=O) groups excluding carboxylic acids is 3. The van der Waals surface area contributed by atoms with Crippen LogP contribution in [0.1, 0.15) is 77.3 Å². The Morgan fingerprint density at radius 2 is 1.45 bits per heavy atom. The molecule has 10 nitrogen and oxygen atoms in total. The highest BCUT2D eigenvalue weighted by molar-refractivity contribution is 7.59. The number of amides is 3. The lowest BCUT2D eigenvalue weighted by Gasteiger charge is -2.29. The molecule has 5 atom stereocenters. The summed E-state index contributed by atoms with van der Waals surface area (Å²) in [4.78, 5) is 39.3. The van der Waals surface area contributed by atoms with Gasteiger partial charge >= 0.3 is 6.09 Å². The van der Waals surface area contributed by atoms with Crippen molar-refractivity contribution < 1.29 is 33.3 Å². The molecule has 0 bridgehead atoms. The number of aliphatic hydroxyl groups excluding tert-OH is 1. The summed E-state index contributed by atoms with van der Waals surface area (Å²) in [5.74, 6) is -1.21. The van der Waals surface area contributed by atoms with E-state index in [-0.39, 0.29) is 43.7 Å². The molecule has 0 aromatic heterocycles. The van der Waals surface area contributed by atoms with Crippen molar-refractivity contribution in [3.05, 3.63) is 71.8 Å². The van der Waals surface area contributed by atoms with E-state index < -0.39 is 43.5 Å². The first-order valence-corrected chi connectivity index (χ1v) is 19.0. The van der Waals surface area contributed by atoms with Crippen LogP contribution in [0.5, 0.6) is 0 Å². The van der Waals surface area contributed by atoms with E-state index in [0.29, 0.717) is 12.6 Å². The maximum Gasteiger partial charge on any atom is 0.408 e. The van der Waals surface area contributed by atoms with Gasteiger partial charge in [0.2, 0.25) is 19.2 Å². The fourth-order valence-corrected chi connectivity index (χ4v) is 8.46. The molecule has 1 fully saturated rings. The third-order valence-corrected chi connectivity index (χ3v) is 11.4. The highest BCUT2D eigenvalue weighted by Gasteiger charge is 2.34. The molecule has 3 unspecified atom stereocenters. The lowest BCUT2D eigenvalue weighted by Crippen LogP contribution is -2.57. The number of hydrogen-bond acceptors (Lipinski definition) is 7. The topological polar surface area (TPSA) is 143 Å². The molecule has 1 saturated carbocycles. The van der Waals surface area contributed by atoms with Gasteiger partial charge in [-0.1, -0.05) is 114 Å². The van der Waals surface area contributed by atoms with Gasteiger partial charge in [0.25, 0.3) is 0 Å². The summed E-state index contributed by atoms with van der Waals surface area (Å²) in [5.41, 5.74) is 1.73. The molecule has 3 rings (SSSR count). The molecule has 2 aromatic rings. The van der Waals surface area contributed by atoms with Crippen LogP contribution in [0.2, 0.25) is 0 Å². The summed E-state index contributed by atoms with van der Waals surface area (Å²) in [5, 5.41) is 19.2. The third-order valence-electron chi connectivity index (χ3n) is 8.80. The first kappa shape index (κ1) is 38.2. The highest BCUT2D eigenvalue weighted by Crippen LogP contribution is 2.51. The van der Waals surface area contributed by atoms with Gasteiger partial charge in [-0.25, -0.2) is 4.79 Å². The van der Waals surface area contributed by atoms with E-state index in [1.807, 2.05) is 74.5 Å². The number of ether oxygens (including phenoxy) is 1. The molecule has 3 amide bonds. The fraction of sp³-hybridized carbons (Fsp3) is 0.583. The van der Waals surface area contributed by atoms with Gasteiger partial charge in [-0.3, -0.25) is 14.2 Å². The molecule has 0 heterocycles. The van der Waals surface area contributed by atoms with Crippen LogP contribution < -0.4 is 16.0 Å². The predicted octanol–water partition coefficient (Wildman–Crippen LogP) is 6.02. The number of benzene rings is 2. The molecule has 260 valence electrons. The summed E-state index contributed by atoms with van der Waals surface area (Å²) < 4.78 is 25.5. The van der Waals surface area contributed by atoms with Crippen LogP contribution in [-0.4, -0.2) is 60.1 Å². The number of aliphatic hydroxyl groups is 1. The Labute approximate surface area is 280 Å². The van der Waals surface area contributed by atoms with Gasteiger partial charge < -0.3 is 30.3 Å². The monoisotopic (exact) mass is 671 g/mol. The Kier molecular flexibility index (Phi) is 15.9.